The Morgan fingerprint density at radius 3 is 2.95 bits per heavy atom. The fraction of sp³-hybridized carbons (Fsp3) is 0.143. The third-order valence-corrected chi connectivity index (χ3v) is 2.43. The van der Waals surface area contributed by atoms with Crippen LogP contribution in [0.25, 0.3) is 0 Å². The average Bonchev–Trinajstić information content (AvgIpc) is 2.45. The first kappa shape index (κ1) is 14.4. The van der Waals surface area contributed by atoms with Crippen LogP contribution in [0.15, 0.2) is 43.1 Å². The molecule has 0 unspecified atom stereocenters. The molecule has 7 heteroatoms. The van der Waals surface area contributed by atoms with Crippen LogP contribution >= 0.6 is 0 Å². The standard InChI is InChI=1S/C14H16N6O/c1-3-7-15-13-9-16-20-14(19-13)18-12-6-4-5-11(8-12)17-10(2)21/h3-6,8-9H,1,7H2,2H3,(H,17,21)(H2,15,18,19,20). The summed E-state index contributed by atoms with van der Waals surface area (Å²) in [5.41, 5.74) is 1.45. The lowest BCUT2D eigenvalue weighted by Gasteiger charge is -2.08. The molecule has 2 rings (SSSR count). The van der Waals surface area contributed by atoms with Gasteiger partial charge in [0.25, 0.3) is 0 Å². The number of nitrogens with one attached hydrogen (secondary N) is 3. The molecule has 0 aliphatic heterocycles. The molecule has 0 atom stereocenters. The van der Waals surface area contributed by atoms with E-state index in [1.54, 1.807) is 18.2 Å². The molecule has 0 aliphatic carbocycles. The molecule has 1 aromatic carbocycles. The second-order valence-electron chi connectivity index (χ2n) is 4.22. The van der Waals surface area contributed by atoms with Gasteiger partial charge in [-0.1, -0.05) is 12.1 Å². The van der Waals surface area contributed by atoms with Crippen molar-refractivity contribution in [3.8, 4) is 0 Å². The average molecular weight is 284 g/mol. The van der Waals surface area contributed by atoms with Gasteiger partial charge in [-0.05, 0) is 18.2 Å². The summed E-state index contributed by atoms with van der Waals surface area (Å²) in [6.45, 7) is 5.68. The van der Waals surface area contributed by atoms with E-state index in [2.05, 4.69) is 37.7 Å². The van der Waals surface area contributed by atoms with Crippen molar-refractivity contribution in [1.29, 1.82) is 0 Å². The lowest BCUT2D eigenvalue weighted by Crippen LogP contribution is -2.07. The first-order valence-electron chi connectivity index (χ1n) is 6.36. The first-order chi connectivity index (χ1) is 10.2. The minimum Gasteiger partial charge on any atom is -0.365 e. The maximum Gasteiger partial charge on any atom is 0.249 e. The van der Waals surface area contributed by atoms with Crippen LogP contribution in [0.1, 0.15) is 6.92 Å². The number of aromatic nitrogens is 3. The molecule has 0 spiro atoms. The summed E-state index contributed by atoms with van der Waals surface area (Å²) < 4.78 is 0. The SMILES string of the molecule is C=CCNc1cnnc(Nc2cccc(NC(C)=O)c2)n1. The summed E-state index contributed by atoms with van der Waals surface area (Å²) in [4.78, 5) is 15.3. The Morgan fingerprint density at radius 2 is 2.19 bits per heavy atom. The predicted octanol–water partition coefficient (Wildman–Crippen LogP) is 2.17. The van der Waals surface area contributed by atoms with E-state index in [-0.39, 0.29) is 5.91 Å². The van der Waals surface area contributed by atoms with Crippen molar-refractivity contribution in [3.05, 3.63) is 43.1 Å². The topological polar surface area (TPSA) is 91.8 Å². The van der Waals surface area contributed by atoms with E-state index in [0.717, 1.165) is 5.69 Å². The fourth-order valence-electron chi connectivity index (χ4n) is 1.63. The Hall–Kier alpha value is -2.96. The smallest absolute Gasteiger partial charge is 0.249 e. The molecular formula is C14H16N6O. The Kier molecular flexibility index (Phi) is 4.81. The van der Waals surface area contributed by atoms with Gasteiger partial charge in [-0.15, -0.1) is 11.7 Å². The van der Waals surface area contributed by atoms with Gasteiger partial charge in [0.1, 0.15) is 0 Å². The third-order valence-electron chi connectivity index (χ3n) is 2.43. The molecule has 0 saturated carbocycles. The maximum atomic E-state index is 11.0. The number of carbonyl (C=O) groups is 1. The Labute approximate surface area is 122 Å². The van der Waals surface area contributed by atoms with E-state index in [1.807, 2.05) is 12.1 Å². The fourth-order valence-corrected chi connectivity index (χ4v) is 1.63. The number of rotatable bonds is 6. The minimum atomic E-state index is -0.124. The summed E-state index contributed by atoms with van der Waals surface area (Å²) in [5.74, 6) is 0.843. The van der Waals surface area contributed by atoms with Crippen LogP contribution in [-0.4, -0.2) is 27.6 Å². The van der Waals surface area contributed by atoms with E-state index in [1.165, 1.54) is 13.1 Å². The lowest BCUT2D eigenvalue weighted by molar-refractivity contribution is -0.114. The van der Waals surface area contributed by atoms with Crippen molar-refractivity contribution in [2.24, 2.45) is 0 Å². The second-order valence-corrected chi connectivity index (χ2v) is 4.22. The molecule has 1 aromatic heterocycles. The summed E-state index contributed by atoms with van der Waals surface area (Å²) in [5, 5.41) is 16.5. The molecule has 0 bridgehead atoms. The zero-order valence-electron chi connectivity index (χ0n) is 11.6. The summed E-state index contributed by atoms with van der Waals surface area (Å²) in [6, 6.07) is 7.25. The number of hydrogen-bond acceptors (Lipinski definition) is 6. The second kappa shape index (κ2) is 6.99. The predicted molar refractivity (Wildman–Crippen MR) is 82.5 cm³/mol. The van der Waals surface area contributed by atoms with Crippen molar-refractivity contribution in [1.82, 2.24) is 15.2 Å². The monoisotopic (exact) mass is 284 g/mol. The molecule has 21 heavy (non-hydrogen) atoms. The van der Waals surface area contributed by atoms with Gasteiger partial charge in [0.05, 0.1) is 6.20 Å². The molecule has 108 valence electrons. The van der Waals surface area contributed by atoms with Gasteiger partial charge in [-0.2, -0.15) is 10.1 Å². The van der Waals surface area contributed by atoms with Gasteiger partial charge in [0, 0.05) is 24.8 Å². The summed E-state index contributed by atoms with van der Waals surface area (Å²) >= 11 is 0. The number of carbonyl (C=O) groups excluding carboxylic acids is 1. The van der Waals surface area contributed by atoms with Gasteiger partial charge in [0.2, 0.25) is 11.9 Å². The van der Waals surface area contributed by atoms with Gasteiger partial charge in [-0.25, -0.2) is 0 Å². The maximum absolute atomic E-state index is 11.0. The van der Waals surface area contributed by atoms with Crippen LogP contribution in [0.5, 0.6) is 0 Å². The first-order valence-corrected chi connectivity index (χ1v) is 6.36. The number of benzene rings is 1. The van der Waals surface area contributed by atoms with E-state index in [4.69, 9.17) is 0 Å². The molecule has 1 heterocycles. The normalized spacial score (nSPS) is 9.76. The number of amides is 1. The number of nitrogens with zero attached hydrogens (tertiary/aromatic N) is 3. The lowest BCUT2D eigenvalue weighted by atomic mass is 10.3. The number of anilines is 4. The molecule has 0 radical (unpaired) electrons. The molecule has 7 nitrogen and oxygen atoms in total. The van der Waals surface area contributed by atoms with Crippen molar-refractivity contribution in [2.75, 3.05) is 22.5 Å². The van der Waals surface area contributed by atoms with Gasteiger partial charge >= 0.3 is 0 Å². The Morgan fingerprint density at radius 1 is 1.38 bits per heavy atom. The molecule has 0 fully saturated rings. The molecule has 2 aromatic rings. The third kappa shape index (κ3) is 4.57. The van der Waals surface area contributed by atoms with Crippen molar-refractivity contribution >= 4 is 29.0 Å². The molecule has 1 amide bonds. The highest BCUT2D eigenvalue weighted by molar-refractivity contribution is 5.89. The number of hydrogen-bond donors (Lipinski definition) is 3. The molecular weight excluding hydrogens is 268 g/mol. The Balaban J connectivity index is 2.10. The summed E-state index contributed by atoms with van der Waals surface area (Å²) in [7, 11) is 0. The van der Waals surface area contributed by atoms with Crippen LogP contribution in [0.4, 0.5) is 23.1 Å². The Bertz CT molecular complexity index is 643. The van der Waals surface area contributed by atoms with Crippen molar-refractivity contribution < 1.29 is 4.79 Å². The highest BCUT2D eigenvalue weighted by Crippen LogP contribution is 2.18. The van der Waals surface area contributed by atoms with Crippen LogP contribution in [0, 0.1) is 0 Å². The van der Waals surface area contributed by atoms with Crippen LogP contribution < -0.4 is 16.0 Å². The van der Waals surface area contributed by atoms with Crippen molar-refractivity contribution in [2.45, 2.75) is 6.92 Å². The molecule has 3 N–H and O–H groups in total. The zero-order valence-corrected chi connectivity index (χ0v) is 11.6. The van der Waals surface area contributed by atoms with Gasteiger partial charge < -0.3 is 16.0 Å². The van der Waals surface area contributed by atoms with Crippen LogP contribution in [-0.2, 0) is 4.79 Å². The zero-order chi connectivity index (χ0) is 15.1. The minimum absolute atomic E-state index is 0.124. The van der Waals surface area contributed by atoms with Gasteiger partial charge in [-0.3, -0.25) is 4.79 Å². The van der Waals surface area contributed by atoms with Crippen LogP contribution in [0.3, 0.4) is 0 Å². The van der Waals surface area contributed by atoms with Crippen molar-refractivity contribution in [3.63, 3.8) is 0 Å². The summed E-state index contributed by atoms with van der Waals surface area (Å²) in [6.07, 6.45) is 3.26. The largest absolute Gasteiger partial charge is 0.365 e. The van der Waals surface area contributed by atoms with E-state index in [9.17, 15) is 4.79 Å². The highest BCUT2D eigenvalue weighted by Gasteiger charge is 2.02. The van der Waals surface area contributed by atoms with E-state index in [0.29, 0.717) is 24.0 Å². The van der Waals surface area contributed by atoms with Crippen LogP contribution in [0.2, 0.25) is 0 Å². The van der Waals surface area contributed by atoms with Gasteiger partial charge in [0.15, 0.2) is 5.82 Å². The molecule has 0 saturated heterocycles. The molecule has 0 aliphatic rings. The van der Waals surface area contributed by atoms with E-state index >= 15 is 0 Å². The van der Waals surface area contributed by atoms with E-state index < -0.39 is 0 Å². The highest BCUT2D eigenvalue weighted by atomic mass is 16.1. The quantitative estimate of drug-likeness (QED) is 0.704.